The molecule has 0 radical (unpaired) electrons. The van der Waals surface area contributed by atoms with Crippen LogP contribution >= 0.6 is 0 Å². The normalized spacial score (nSPS) is 11.3. The lowest BCUT2D eigenvalue weighted by Crippen LogP contribution is -2.39. The van der Waals surface area contributed by atoms with Crippen molar-refractivity contribution in [3.05, 3.63) is 0 Å². The van der Waals surface area contributed by atoms with Gasteiger partial charge < -0.3 is 18.9 Å². The van der Waals surface area contributed by atoms with Gasteiger partial charge in [0.25, 0.3) is 0 Å². The first-order valence-corrected chi connectivity index (χ1v) is 6.71. The molecule has 0 atom stereocenters. The first-order valence-electron chi connectivity index (χ1n) is 6.71. The van der Waals surface area contributed by atoms with Crippen LogP contribution in [0, 0.1) is 0 Å². The van der Waals surface area contributed by atoms with Gasteiger partial charge in [-0.1, -0.05) is 26.7 Å². The molecule has 0 aliphatic rings. The summed E-state index contributed by atoms with van der Waals surface area (Å²) in [6, 6.07) is 0. The minimum Gasteiger partial charge on any atom is -0.434 e. The number of unbranched alkanes of at least 4 members (excludes halogenated alkanes) is 2. The van der Waals surface area contributed by atoms with Crippen molar-refractivity contribution in [2.75, 3.05) is 19.8 Å². The molecule has 108 valence electrons. The quantitative estimate of drug-likeness (QED) is 0.343. The number of hydrogen-bond donors (Lipinski definition) is 0. The van der Waals surface area contributed by atoms with Crippen molar-refractivity contribution in [3.63, 3.8) is 0 Å². The van der Waals surface area contributed by atoms with E-state index < -0.39 is 12.1 Å². The predicted octanol–water partition coefficient (Wildman–Crippen LogP) is 3.47. The summed E-state index contributed by atoms with van der Waals surface area (Å²) >= 11 is 0. The monoisotopic (exact) mass is 262 g/mol. The second-order valence-electron chi connectivity index (χ2n) is 4.05. The molecule has 0 aromatic rings. The lowest BCUT2D eigenvalue weighted by atomic mass is 10.3. The molecule has 0 saturated heterocycles. The van der Waals surface area contributed by atoms with E-state index in [0.717, 1.165) is 25.7 Å². The second-order valence-corrected chi connectivity index (χ2v) is 4.05. The maximum absolute atomic E-state index is 11.3. The number of carbonyl (C=O) groups excluding carboxylic acids is 1. The Bertz CT molecular complexity index is 207. The Labute approximate surface area is 110 Å². The van der Waals surface area contributed by atoms with Crippen LogP contribution in [0.25, 0.3) is 0 Å². The maximum Gasteiger partial charge on any atom is 0.512 e. The molecule has 0 fully saturated rings. The molecule has 0 unspecified atom stereocenters. The van der Waals surface area contributed by atoms with Gasteiger partial charge in [-0.25, -0.2) is 4.79 Å². The molecular formula is C13H26O5. The largest absolute Gasteiger partial charge is 0.512 e. The smallest absolute Gasteiger partial charge is 0.434 e. The van der Waals surface area contributed by atoms with E-state index in [4.69, 9.17) is 18.9 Å². The Morgan fingerprint density at radius 1 is 1.00 bits per heavy atom. The first-order chi connectivity index (χ1) is 8.58. The zero-order chi connectivity index (χ0) is 13.9. The Morgan fingerprint density at radius 2 is 1.50 bits per heavy atom. The van der Waals surface area contributed by atoms with E-state index >= 15 is 0 Å². The van der Waals surface area contributed by atoms with E-state index in [1.54, 1.807) is 13.8 Å². The molecule has 0 amide bonds. The minimum atomic E-state index is -1.35. The molecule has 0 spiro atoms. The highest BCUT2D eigenvalue weighted by Crippen LogP contribution is 2.17. The zero-order valence-corrected chi connectivity index (χ0v) is 12.0. The highest BCUT2D eigenvalue weighted by molar-refractivity contribution is 5.60. The van der Waals surface area contributed by atoms with Gasteiger partial charge in [0.05, 0.1) is 19.8 Å². The van der Waals surface area contributed by atoms with E-state index in [1.165, 1.54) is 0 Å². The van der Waals surface area contributed by atoms with E-state index in [-0.39, 0.29) is 6.61 Å². The summed E-state index contributed by atoms with van der Waals surface area (Å²) in [4.78, 5) is 11.3. The topological polar surface area (TPSA) is 54.0 Å². The van der Waals surface area contributed by atoms with Gasteiger partial charge in [0.2, 0.25) is 0 Å². The fourth-order valence-electron chi connectivity index (χ4n) is 1.20. The first kappa shape index (κ1) is 17.2. The van der Waals surface area contributed by atoms with Crippen LogP contribution < -0.4 is 0 Å². The number of hydrogen-bond acceptors (Lipinski definition) is 5. The second kappa shape index (κ2) is 10.1. The van der Waals surface area contributed by atoms with Gasteiger partial charge in [0.1, 0.15) is 0 Å². The van der Waals surface area contributed by atoms with Crippen molar-refractivity contribution < 1.29 is 23.7 Å². The molecular weight excluding hydrogens is 236 g/mol. The van der Waals surface area contributed by atoms with E-state index in [1.807, 2.05) is 0 Å². The summed E-state index contributed by atoms with van der Waals surface area (Å²) in [5.74, 6) is -1.35. The van der Waals surface area contributed by atoms with Crippen LogP contribution in [0.5, 0.6) is 0 Å². The van der Waals surface area contributed by atoms with Gasteiger partial charge in [-0.15, -0.1) is 0 Å². The molecule has 0 aromatic heterocycles. The van der Waals surface area contributed by atoms with Gasteiger partial charge in [0.15, 0.2) is 0 Å². The molecule has 0 N–H and O–H groups in total. The molecule has 18 heavy (non-hydrogen) atoms. The molecule has 0 aliphatic carbocycles. The van der Waals surface area contributed by atoms with E-state index in [0.29, 0.717) is 13.2 Å². The van der Waals surface area contributed by atoms with E-state index in [2.05, 4.69) is 13.8 Å². The van der Waals surface area contributed by atoms with Crippen LogP contribution in [0.2, 0.25) is 0 Å². The van der Waals surface area contributed by atoms with Crippen molar-refractivity contribution in [1.29, 1.82) is 0 Å². The number of rotatable bonds is 10. The van der Waals surface area contributed by atoms with Gasteiger partial charge in [-0.2, -0.15) is 0 Å². The van der Waals surface area contributed by atoms with Crippen LogP contribution in [0.3, 0.4) is 0 Å². The average Bonchev–Trinajstić information content (AvgIpc) is 2.30. The number of ether oxygens (including phenoxy) is 4. The molecule has 0 rings (SSSR count). The van der Waals surface area contributed by atoms with Crippen LogP contribution in [-0.2, 0) is 18.9 Å². The van der Waals surface area contributed by atoms with Crippen molar-refractivity contribution >= 4 is 6.16 Å². The fraction of sp³-hybridized carbons (Fsp3) is 0.923. The Morgan fingerprint density at radius 3 is 1.89 bits per heavy atom. The van der Waals surface area contributed by atoms with Crippen LogP contribution in [0.1, 0.15) is 53.4 Å². The van der Waals surface area contributed by atoms with Gasteiger partial charge in [-0.05, 0) is 19.8 Å². The summed E-state index contributed by atoms with van der Waals surface area (Å²) in [6.07, 6.45) is 3.01. The van der Waals surface area contributed by atoms with Gasteiger partial charge in [0, 0.05) is 6.92 Å². The summed E-state index contributed by atoms with van der Waals surface area (Å²) in [5, 5.41) is 0. The van der Waals surface area contributed by atoms with Crippen LogP contribution in [0.15, 0.2) is 0 Å². The Balaban J connectivity index is 4.23. The van der Waals surface area contributed by atoms with Gasteiger partial charge >= 0.3 is 12.1 Å². The van der Waals surface area contributed by atoms with Crippen molar-refractivity contribution in [2.24, 2.45) is 0 Å². The summed E-state index contributed by atoms with van der Waals surface area (Å²) < 4.78 is 20.8. The molecule has 0 aromatic carbocycles. The van der Waals surface area contributed by atoms with Crippen LogP contribution in [-0.4, -0.2) is 31.9 Å². The third kappa shape index (κ3) is 8.31. The number of carbonyl (C=O) groups is 1. The highest BCUT2D eigenvalue weighted by Gasteiger charge is 2.31. The molecule has 0 heterocycles. The summed E-state index contributed by atoms with van der Waals surface area (Å²) in [5.41, 5.74) is 0. The van der Waals surface area contributed by atoms with Crippen molar-refractivity contribution in [3.8, 4) is 0 Å². The molecule has 5 heteroatoms. The molecule has 0 saturated carbocycles. The molecule has 0 bridgehead atoms. The fourth-order valence-corrected chi connectivity index (χ4v) is 1.20. The highest BCUT2D eigenvalue weighted by atomic mass is 16.9. The third-order valence-corrected chi connectivity index (χ3v) is 2.26. The van der Waals surface area contributed by atoms with Crippen molar-refractivity contribution in [2.45, 2.75) is 59.4 Å². The summed E-state index contributed by atoms with van der Waals surface area (Å²) in [7, 11) is 0. The summed E-state index contributed by atoms with van der Waals surface area (Å²) in [6.45, 7) is 8.66. The Hall–Kier alpha value is -0.810. The average molecular weight is 262 g/mol. The zero-order valence-electron chi connectivity index (χ0n) is 12.0. The minimum absolute atomic E-state index is 0.263. The van der Waals surface area contributed by atoms with Crippen LogP contribution in [0.4, 0.5) is 4.79 Å². The van der Waals surface area contributed by atoms with Gasteiger partial charge in [-0.3, -0.25) is 0 Å². The maximum atomic E-state index is 11.3. The standard InChI is InChI=1S/C13H26O5/c1-5-8-10-16-13(4,17-11-9-6-2)18-12(14)15-7-3/h5-11H2,1-4H3. The Kier molecular flexibility index (Phi) is 9.69. The lowest BCUT2D eigenvalue weighted by molar-refractivity contribution is -0.349. The third-order valence-electron chi connectivity index (χ3n) is 2.26. The molecule has 5 nitrogen and oxygen atoms in total. The SMILES string of the molecule is CCCCOC(C)(OCCCC)OC(=O)OCC. The molecule has 0 aliphatic heterocycles. The van der Waals surface area contributed by atoms with Crippen molar-refractivity contribution in [1.82, 2.24) is 0 Å². The lowest BCUT2D eigenvalue weighted by Gasteiger charge is -2.28. The van der Waals surface area contributed by atoms with E-state index in [9.17, 15) is 4.79 Å². The predicted molar refractivity (Wildman–Crippen MR) is 68.2 cm³/mol.